The lowest BCUT2D eigenvalue weighted by Gasteiger charge is -2.07. The first-order valence-corrected chi connectivity index (χ1v) is 5.51. The summed E-state index contributed by atoms with van der Waals surface area (Å²) in [6.45, 7) is -1.59. The molecule has 0 spiro atoms. The summed E-state index contributed by atoms with van der Waals surface area (Å²) in [5, 5.41) is 0.363. The zero-order valence-electron chi connectivity index (χ0n) is 9.34. The van der Waals surface area contributed by atoms with Crippen LogP contribution in [0.2, 0.25) is 5.02 Å². The van der Waals surface area contributed by atoms with Gasteiger partial charge in [-0.25, -0.2) is 0 Å². The lowest BCUT2D eigenvalue weighted by Crippen LogP contribution is -2.18. The molecule has 0 saturated heterocycles. The highest BCUT2D eigenvalue weighted by atomic mass is 35.5. The summed E-state index contributed by atoms with van der Waals surface area (Å²) in [6, 6.07) is 1.59. The van der Waals surface area contributed by atoms with E-state index in [0.717, 1.165) is 0 Å². The van der Waals surface area contributed by atoms with Crippen molar-refractivity contribution < 1.29 is 22.7 Å². The molecule has 0 aliphatic rings. The Morgan fingerprint density at radius 2 is 2.17 bits per heavy atom. The van der Waals surface area contributed by atoms with E-state index in [-0.39, 0.29) is 25.2 Å². The van der Waals surface area contributed by atoms with E-state index in [0.29, 0.717) is 10.6 Å². The smallest absolute Gasteiger partial charge is 0.372 e. The number of rotatable bonds is 6. The zero-order valence-corrected chi connectivity index (χ0v) is 10.1. The Hall–Kier alpha value is -1.14. The van der Waals surface area contributed by atoms with Crippen LogP contribution in [-0.2, 0) is 16.0 Å². The van der Waals surface area contributed by atoms with Gasteiger partial charge in [0, 0.05) is 25.2 Å². The largest absolute Gasteiger partial charge is 0.411 e. The molecule has 0 bridgehead atoms. The molecule has 0 aromatic carbocycles. The van der Waals surface area contributed by atoms with Gasteiger partial charge in [0.05, 0.1) is 11.6 Å². The van der Waals surface area contributed by atoms with E-state index < -0.39 is 12.8 Å². The number of carbonyl (C=O) groups is 1. The summed E-state index contributed by atoms with van der Waals surface area (Å²) in [4.78, 5) is 15.2. The first-order valence-electron chi connectivity index (χ1n) is 5.13. The average Bonchev–Trinajstić information content (AvgIpc) is 2.26. The Kier molecular flexibility index (Phi) is 5.55. The number of halogens is 4. The maximum Gasteiger partial charge on any atom is 0.411 e. The van der Waals surface area contributed by atoms with E-state index in [9.17, 15) is 18.0 Å². The van der Waals surface area contributed by atoms with Crippen molar-refractivity contribution >= 4 is 17.4 Å². The number of hydrogen-bond donors (Lipinski definition) is 0. The van der Waals surface area contributed by atoms with E-state index in [4.69, 9.17) is 11.6 Å². The van der Waals surface area contributed by atoms with Crippen LogP contribution in [0.1, 0.15) is 12.0 Å². The van der Waals surface area contributed by atoms with Crippen molar-refractivity contribution in [3.05, 3.63) is 29.0 Å². The summed E-state index contributed by atoms with van der Waals surface area (Å²) >= 11 is 5.79. The summed E-state index contributed by atoms with van der Waals surface area (Å²) < 4.78 is 39.6. The van der Waals surface area contributed by atoms with Crippen molar-refractivity contribution in [3.8, 4) is 0 Å². The quantitative estimate of drug-likeness (QED) is 0.753. The normalized spacial score (nSPS) is 11.6. The van der Waals surface area contributed by atoms with Crippen molar-refractivity contribution in [2.45, 2.75) is 19.0 Å². The molecular weight excluding hydrogens is 271 g/mol. The summed E-state index contributed by atoms with van der Waals surface area (Å²) in [6.07, 6.45) is -1.47. The maximum absolute atomic E-state index is 11.7. The van der Waals surface area contributed by atoms with E-state index in [1.54, 1.807) is 6.07 Å². The van der Waals surface area contributed by atoms with E-state index >= 15 is 0 Å². The zero-order chi connectivity index (χ0) is 13.6. The van der Waals surface area contributed by atoms with Crippen LogP contribution >= 0.6 is 11.6 Å². The molecule has 1 aromatic rings. The van der Waals surface area contributed by atoms with Gasteiger partial charge in [0.15, 0.2) is 0 Å². The summed E-state index contributed by atoms with van der Waals surface area (Å²) in [5.74, 6) is -0.231. The number of hydrogen-bond acceptors (Lipinski definition) is 3. The van der Waals surface area contributed by atoms with Gasteiger partial charge in [-0.3, -0.25) is 9.78 Å². The standard InChI is InChI=1S/C11H11ClF3NO2/c12-10-6-16-3-1-8(10)5-9(17)2-4-18-7-11(13,14)15/h1,3,6H,2,4-5,7H2. The minimum absolute atomic E-state index is 0.0662. The molecular formula is C11H11ClF3NO2. The van der Waals surface area contributed by atoms with Crippen molar-refractivity contribution in [1.29, 1.82) is 0 Å². The average molecular weight is 282 g/mol. The third-order valence-corrected chi connectivity index (χ3v) is 2.38. The van der Waals surface area contributed by atoms with Gasteiger partial charge < -0.3 is 4.74 Å². The first-order chi connectivity index (χ1) is 8.38. The minimum atomic E-state index is -4.36. The van der Waals surface area contributed by atoms with E-state index in [2.05, 4.69) is 9.72 Å². The number of ketones is 1. The molecule has 0 saturated carbocycles. The Morgan fingerprint density at radius 3 is 2.78 bits per heavy atom. The number of Topliss-reactive ketones (excluding diaryl/α,β-unsaturated/α-hetero) is 1. The Labute approximate surface area is 107 Å². The second-order valence-corrected chi connectivity index (χ2v) is 4.01. The van der Waals surface area contributed by atoms with Crippen LogP contribution in [0.5, 0.6) is 0 Å². The molecule has 18 heavy (non-hydrogen) atoms. The van der Waals surface area contributed by atoms with Crippen LogP contribution in [0.3, 0.4) is 0 Å². The van der Waals surface area contributed by atoms with Crippen LogP contribution in [0.15, 0.2) is 18.5 Å². The Morgan fingerprint density at radius 1 is 1.44 bits per heavy atom. The lowest BCUT2D eigenvalue weighted by atomic mass is 10.1. The van der Waals surface area contributed by atoms with E-state index in [1.807, 2.05) is 0 Å². The monoisotopic (exact) mass is 281 g/mol. The number of alkyl halides is 3. The van der Waals surface area contributed by atoms with Crippen LogP contribution < -0.4 is 0 Å². The predicted octanol–water partition coefficient (Wildman–Crippen LogP) is 2.82. The van der Waals surface area contributed by atoms with Crippen LogP contribution in [0, 0.1) is 0 Å². The molecule has 0 aliphatic heterocycles. The molecule has 0 radical (unpaired) electrons. The van der Waals surface area contributed by atoms with Gasteiger partial charge in [0.2, 0.25) is 0 Å². The lowest BCUT2D eigenvalue weighted by molar-refractivity contribution is -0.174. The SMILES string of the molecule is O=C(CCOCC(F)(F)F)Cc1ccncc1Cl. The molecule has 1 aromatic heterocycles. The molecule has 100 valence electrons. The second kappa shape index (κ2) is 6.70. The Bertz CT molecular complexity index is 410. The number of carbonyl (C=O) groups excluding carboxylic acids is 1. The topological polar surface area (TPSA) is 39.2 Å². The fourth-order valence-electron chi connectivity index (χ4n) is 1.22. The van der Waals surface area contributed by atoms with Gasteiger partial charge in [-0.2, -0.15) is 13.2 Å². The molecule has 7 heteroatoms. The van der Waals surface area contributed by atoms with Crippen LogP contribution in [-0.4, -0.2) is 30.2 Å². The highest BCUT2D eigenvalue weighted by molar-refractivity contribution is 6.31. The molecule has 1 heterocycles. The molecule has 0 amide bonds. The molecule has 0 aliphatic carbocycles. The van der Waals surface area contributed by atoms with Gasteiger partial charge in [0.25, 0.3) is 0 Å². The van der Waals surface area contributed by atoms with Crippen molar-refractivity contribution in [3.63, 3.8) is 0 Å². The minimum Gasteiger partial charge on any atom is -0.372 e. The van der Waals surface area contributed by atoms with Gasteiger partial charge in [-0.15, -0.1) is 0 Å². The molecule has 0 unspecified atom stereocenters. The highest BCUT2D eigenvalue weighted by Gasteiger charge is 2.27. The molecule has 3 nitrogen and oxygen atoms in total. The summed E-state index contributed by atoms with van der Waals surface area (Å²) in [5.41, 5.74) is 0.604. The van der Waals surface area contributed by atoms with Crippen molar-refractivity contribution in [2.75, 3.05) is 13.2 Å². The molecule has 0 fully saturated rings. The third kappa shape index (κ3) is 5.97. The van der Waals surface area contributed by atoms with Crippen LogP contribution in [0.4, 0.5) is 13.2 Å². The number of aromatic nitrogens is 1. The van der Waals surface area contributed by atoms with Gasteiger partial charge >= 0.3 is 6.18 Å². The number of ether oxygens (including phenoxy) is 1. The van der Waals surface area contributed by atoms with Gasteiger partial charge in [-0.1, -0.05) is 11.6 Å². The Balaban J connectivity index is 2.29. The molecule has 0 N–H and O–H groups in total. The fourth-order valence-corrected chi connectivity index (χ4v) is 1.41. The second-order valence-electron chi connectivity index (χ2n) is 3.60. The van der Waals surface area contributed by atoms with Gasteiger partial charge in [-0.05, 0) is 11.6 Å². The highest BCUT2D eigenvalue weighted by Crippen LogP contribution is 2.16. The summed E-state index contributed by atoms with van der Waals surface area (Å²) in [7, 11) is 0. The molecule has 1 rings (SSSR count). The number of pyridine rings is 1. The van der Waals surface area contributed by atoms with Gasteiger partial charge in [0.1, 0.15) is 12.4 Å². The third-order valence-electron chi connectivity index (χ3n) is 2.04. The van der Waals surface area contributed by atoms with Crippen molar-refractivity contribution in [2.24, 2.45) is 0 Å². The first kappa shape index (κ1) is 14.9. The maximum atomic E-state index is 11.7. The van der Waals surface area contributed by atoms with E-state index in [1.165, 1.54) is 12.4 Å². The molecule has 0 atom stereocenters. The number of nitrogens with zero attached hydrogens (tertiary/aromatic N) is 1. The predicted molar refractivity (Wildman–Crippen MR) is 59.4 cm³/mol. The van der Waals surface area contributed by atoms with Crippen molar-refractivity contribution in [1.82, 2.24) is 4.98 Å². The van der Waals surface area contributed by atoms with Crippen LogP contribution in [0.25, 0.3) is 0 Å². The fraction of sp³-hybridized carbons (Fsp3) is 0.455.